The molecule has 2 aromatic carbocycles. The number of piperidine rings is 1. The van der Waals surface area contributed by atoms with Gasteiger partial charge in [0.25, 0.3) is 0 Å². The monoisotopic (exact) mass is 586 g/mol. The average Bonchev–Trinajstić information content (AvgIpc) is 3.50. The molecule has 0 bridgehead atoms. The highest BCUT2D eigenvalue weighted by atomic mass is 16.7. The van der Waals surface area contributed by atoms with Crippen molar-refractivity contribution in [2.24, 2.45) is 0 Å². The summed E-state index contributed by atoms with van der Waals surface area (Å²) in [6, 6.07) is 16.7. The number of nitrogens with zero attached hydrogens (tertiary/aromatic N) is 6. The Hall–Kier alpha value is -4.12. The number of aromatic nitrogens is 4. The first-order valence-electron chi connectivity index (χ1n) is 14.4. The fourth-order valence-electron chi connectivity index (χ4n) is 5.73. The van der Waals surface area contributed by atoms with Gasteiger partial charge in [-0.2, -0.15) is 5.26 Å². The molecule has 2 aliphatic rings. The number of rotatable bonds is 8. The van der Waals surface area contributed by atoms with Crippen molar-refractivity contribution < 1.29 is 29.5 Å². The molecular weight excluding hydrogens is 552 g/mol. The summed E-state index contributed by atoms with van der Waals surface area (Å²) in [5.41, 5.74) is 3.62. The molecular formula is C31H34N6O6. The molecule has 6 rings (SSSR count). The maximum absolute atomic E-state index is 10.3. The molecule has 2 aliphatic heterocycles. The first-order chi connectivity index (χ1) is 20.9. The van der Waals surface area contributed by atoms with Crippen LogP contribution in [0.4, 0.5) is 5.69 Å². The summed E-state index contributed by atoms with van der Waals surface area (Å²) in [4.78, 5) is 6.74. The predicted molar refractivity (Wildman–Crippen MR) is 156 cm³/mol. The van der Waals surface area contributed by atoms with E-state index in [0.717, 1.165) is 35.0 Å². The predicted octanol–water partition coefficient (Wildman–Crippen LogP) is 2.39. The van der Waals surface area contributed by atoms with Gasteiger partial charge in [0.15, 0.2) is 6.29 Å². The van der Waals surface area contributed by atoms with E-state index >= 15 is 0 Å². The Morgan fingerprint density at radius 2 is 1.79 bits per heavy atom. The molecule has 2 fully saturated rings. The lowest BCUT2D eigenvalue weighted by atomic mass is 9.98. The second-order valence-electron chi connectivity index (χ2n) is 10.9. The number of aliphatic hydroxyl groups excluding tert-OH is 3. The number of fused-ring (bicyclic) bond motifs is 1. The second kappa shape index (κ2) is 12.6. The van der Waals surface area contributed by atoms with E-state index in [-0.39, 0.29) is 19.0 Å². The van der Waals surface area contributed by atoms with Crippen LogP contribution in [0.1, 0.15) is 30.5 Å². The Labute approximate surface area is 248 Å². The Kier molecular flexibility index (Phi) is 8.51. The van der Waals surface area contributed by atoms with Crippen LogP contribution in [0.3, 0.4) is 0 Å². The van der Waals surface area contributed by atoms with Crippen LogP contribution in [0.15, 0.2) is 54.9 Å². The molecule has 5 unspecified atom stereocenters. The molecule has 224 valence electrons. The maximum atomic E-state index is 10.3. The van der Waals surface area contributed by atoms with E-state index in [1.807, 2.05) is 6.07 Å². The van der Waals surface area contributed by atoms with Gasteiger partial charge in [-0.1, -0.05) is 23.4 Å². The Morgan fingerprint density at radius 3 is 2.58 bits per heavy atom. The van der Waals surface area contributed by atoms with E-state index in [0.29, 0.717) is 11.3 Å². The Balaban J connectivity index is 1.15. The normalized spacial score (nSPS) is 24.2. The minimum atomic E-state index is -1.43. The highest BCUT2D eigenvalue weighted by Gasteiger charge is 2.44. The van der Waals surface area contributed by atoms with Gasteiger partial charge in [-0.05, 0) is 59.9 Å². The van der Waals surface area contributed by atoms with Gasteiger partial charge in [-0.3, -0.25) is 0 Å². The molecule has 4 heterocycles. The quantitative estimate of drug-likeness (QED) is 0.278. The smallest absolute Gasteiger partial charge is 0.232 e. The van der Waals surface area contributed by atoms with Crippen molar-refractivity contribution >= 4 is 16.5 Å². The number of pyridine rings is 1. The van der Waals surface area contributed by atoms with Gasteiger partial charge in [0.05, 0.1) is 12.7 Å². The molecule has 5 atom stereocenters. The molecule has 2 aromatic heterocycles. The van der Waals surface area contributed by atoms with Gasteiger partial charge >= 0.3 is 0 Å². The molecule has 0 radical (unpaired) electrons. The molecule has 4 aromatic rings. The minimum absolute atomic E-state index is 0.00174. The van der Waals surface area contributed by atoms with E-state index in [1.165, 1.54) is 36.7 Å². The second-order valence-corrected chi connectivity index (χ2v) is 10.9. The molecule has 12 heteroatoms. The highest BCUT2D eigenvalue weighted by Crippen LogP contribution is 2.33. The van der Waals surface area contributed by atoms with Gasteiger partial charge in [-0.25, -0.2) is 9.67 Å². The SMILES string of the molecule is COC1OC(Cn2cc(COc3nccc(-c4ccc5cc(N6CCCCC6)ccc5c4)c3C#N)nn2)C(O)C(O)C1O. The standard InChI is InChI=1S/C31H34N6O6/c1-41-31-29(40)28(39)27(38)26(43-31)17-37-16-22(34-35-37)18-42-30-25(15-32)24(9-10-33-30)21-6-5-20-14-23(8-7-19(20)13-21)36-11-3-2-4-12-36/h5-10,13-14,16,26-29,31,38-40H,2-4,11-12,17-18H2,1H3. The molecule has 0 spiro atoms. The average molecular weight is 587 g/mol. The summed E-state index contributed by atoms with van der Waals surface area (Å²) in [7, 11) is 1.34. The van der Waals surface area contributed by atoms with Crippen LogP contribution in [-0.4, -0.2) is 86.2 Å². The molecule has 0 amide bonds. The number of nitriles is 1. The first-order valence-corrected chi connectivity index (χ1v) is 14.4. The van der Waals surface area contributed by atoms with E-state index in [2.05, 4.69) is 56.6 Å². The number of hydrogen-bond acceptors (Lipinski definition) is 11. The van der Waals surface area contributed by atoms with E-state index in [1.54, 1.807) is 18.5 Å². The topological polar surface area (TPSA) is 159 Å². The fourth-order valence-corrected chi connectivity index (χ4v) is 5.73. The minimum Gasteiger partial charge on any atom is -0.470 e. The Morgan fingerprint density at radius 1 is 1.00 bits per heavy atom. The summed E-state index contributed by atoms with van der Waals surface area (Å²) in [5.74, 6) is 0.182. The molecule has 3 N–H and O–H groups in total. The lowest BCUT2D eigenvalue weighted by molar-refractivity contribution is -0.292. The number of benzene rings is 2. The summed E-state index contributed by atoms with van der Waals surface area (Å²) < 4.78 is 18.0. The third-order valence-corrected chi connectivity index (χ3v) is 8.09. The molecule has 0 aliphatic carbocycles. The van der Waals surface area contributed by atoms with E-state index in [9.17, 15) is 20.6 Å². The number of hydrogen-bond donors (Lipinski definition) is 3. The van der Waals surface area contributed by atoms with Crippen molar-refractivity contribution in [3.63, 3.8) is 0 Å². The van der Waals surface area contributed by atoms with Crippen LogP contribution in [0.2, 0.25) is 0 Å². The van der Waals surface area contributed by atoms with Crippen LogP contribution in [-0.2, 0) is 22.6 Å². The van der Waals surface area contributed by atoms with E-state index in [4.69, 9.17) is 14.2 Å². The highest BCUT2D eigenvalue weighted by molar-refractivity contribution is 5.90. The van der Waals surface area contributed by atoms with Gasteiger partial charge in [-0.15, -0.1) is 5.10 Å². The third kappa shape index (κ3) is 6.04. The lowest BCUT2D eigenvalue weighted by Crippen LogP contribution is -2.58. The zero-order valence-corrected chi connectivity index (χ0v) is 23.8. The summed E-state index contributed by atoms with van der Waals surface area (Å²) in [5, 5.41) is 50.8. The summed E-state index contributed by atoms with van der Waals surface area (Å²) >= 11 is 0. The molecule has 43 heavy (non-hydrogen) atoms. The number of aliphatic hydroxyl groups is 3. The molecule has 2 saturated heterocycles. The molecule has 12 nitrogen and oxygen atoms in total. The molecule has 0 saturated carbocycles. The summed E-state index contributed by atoms with van der Waals surface area (Å²) in [6.07, 6.45) is 0.834. The first kappa shape index (κ1) is 29.0. The van der Waals surface area contributed by atoms with Crippen molar-refractivity contribution in [2.75, 3.05) is 25.1 Å². The van der Waals surface area contributed by atoms with Crippen molar-refractivity contribution in [2.45, 2.75) is 63.1 Å². The van der Waals surface area contributed by atoms with Gasteiger partial charge in [0, 0.05) is 37.6 Å². The number of methoxy groups -OCH3 is 1. The van der Waals surface area contributed by atoms with Gasteiger partial charge < -0.3 is 34.4 Å². The van der Waals surface area contributed by atoms with Crippen molar-refractivity contribution in [1.29, 1.82) is 5.26 Å². The third-order valence-electron chi connectivity index (χ3n) is 8.09. The van der Waals surface area contributed by atoms with E-state index < -0.39 is 30.7 Å². The fraction of sp³-hybridized carbons (Fsp3) is 0.419. The zero-order chi connectivity index (χ0) is 29.9. The van der Waals surface area contributed by atoms with Crippen LogP contribution in [0.5, 0.6) is 5.88 Å². The van der Waals surface area contributed by atoms with Crippen LogP contribution < -0.4 is 9.64 Å². The van der Waals surface area contributed by atoms with Gasteiger partial charge in [0.1, 0.15) is 48.3 Å². The van der Waals surface area contributed by atoms with Gasteiger partial charge in [0.2, 0.25) is 5.88 Å². The largest absolute Gasteiger partial charge is 0.470 e. The van der Waals surface area contributed by atoms with Crippen LogP contribution in [0.25, 0.3) is 21.9 Å². The summed E-state index contributed by atoms with van der Waals surface area (Å²) in [6.45, 7) is 2.23. The Bertz CT molecular complexity index is 1610. The van der Waals surface area contributed by atoms with Crippen LogP contribution in [0, 0.1) is 11.3 Å². The van der Waals surface area contributed by atoms with Crippen molar-refractivity contribution in [3.05, 3.63) is 66.1 Å². The lowest BCUT2D eigenvalue weighted by Gasteiger charge is -2.39. The number of ether oxygens (including phenoxy) is 3. The van der Waals surface area contributed by atoms with Crippen LogP contribution >= 0.6 is 0 Å². The van der Waals surface area contributed by atoms with Crippen molar-refractivity contribution in [3.8, 4) is 23.1 Å². The maximum Gasteiger partial charge on any atom is 0.232 e. The zero-order valence-electron chi connectivity index (χ0n) is 23.8. The number of anilines is 1. The van der Waals surface area contributed by atoms with Crippen molar-refractivity contribution in [1.82, 2.24) is 20.0 Å².